The first-order valence-electron chi connectivity index (χ1n) is 8.02. The Balaban J connectivity index is 0.00000208. The molecule has 0 aliphatic heterocycles. The molecule has 6 nitrogen and oxygen atoms in total. The molecule has 1 saturated carbocycles. The maximum Gasteiger partial charge on any atom is 0.258 e. The molecule has 0 unspecified atom stereocenters. The Bertz CT molecular complexity index is 710. The molecule has 1 fully saturated rings. The Hall–Kier alpha value is -1.92. The van der Waals surface area contributed by atoms with Gasteiger partial charge in [0.1, 0.15) is 0 Å². The van der Waals surface area contributed by atoms with E-state index in [0.29, 0.717) is 23.8 Å². The summed E-state index contributed by atoms with van der Waals surface area (Å²) in [5.41, 5.74) is 7.23. The lowest BCUT2D eigenvalue weighted by molar-refractivity contribution is 0.0802. The number of nitrogens with zero attached hydrogens (tertiary/aromatic N) is 3. The topological polar surface area (TPSA) is 85.2 Å². The molecule has 0 saturated heterocycles. The van der Waals surface area contributed by atoms with Crippen molar-refractivity contribution in [2.45, 2.75) is 38.1 Å². The van der Waals surface area contributed by atoms with Gasteiger partial charge in [-0.25, -0.2) is 0 Å². The van der Waals surface area contributed by atoms with Crippen molar-refractivity contribution in [3.63, 3.8) is 0 Å². The van der Waals surface area contributed by atoms with Crippen LogP contribution in [0.2, 0.25) is 0 Å². The molecule has 1 aliphatic rings. The van der Waals surface area contributed by atoms with Crippen LogP contribution in [0.25, 0.3) is 11.5 Å². The summed E-state index contributed by atoms with van der Waals surface area (Å²) in [5.74, 6) is 0.943. The molecule has 2 aromatic rings. The van der Waals surface area contributed by atoms with E-state index in [0.717, 1.165) is 31.2 Å². The summed E-state index contributed by atoms with van der Waals surface area (Å²) in [4.78, 5) is 18.4. The maximum absolute atomic E-state index is 12.3. The van der Waals surface area contributed by atoms with Gasteiger partial charge in [0.05, 0.1) is 5.54 Å². The molecule has 1 aliphatic carbocycles. The molecule has 130 valence electrons. The third-order valence-electron chi connectivity index (χ3n) is 4.54. The largest absolute Gasteiger partial charge is 0.342 e. The fourth-order valence-corrected chi connectivity index (χ4v) is 2.92. The Morgan fingerprint density at radius 2 is 2.08 bits per heavy atom. The summed E-state index contributed by atoms with van der Waals surface area (Å²) in [6.07, 6.45) is 3.94. The van der Waals surface area contributed by atoms with Gasteiger partial charge in [-0.1, -0.05) is 24.1 Å². The van der Waals surface area contributed by atoms with Crippen LogP contribution in [0.1, 0.15) is 48.8 Å². The first-order valence-corrected chi connectivity index (χ1v) is 8.02. The zero-order valence-corrected chi connectivity index (χ0v) is 14.8. The highest BCUT2D eigenvalue weighted by atomic mass is 35.5. The molecular formula is C17H23ClN4O2. The van der Waals surface area contributed by atoms with E-state index in [9.17, 15) is 4.79 Å². The third-order valence-corrected chi connectivity index (χ3v) is 4.54. The van der Waals surface area contributed by atoms with E-state index < -0.39 is 5.54 Å². The van der Waals surface area contributed by atoms with Crippen LogP contribution >= 0.6 is 12.4 Å². The first-order chi connectivity index (χ1) is 11.0. The number of hydrogen-bond donors (Lipinski definition) is 1. The maximum atomic E-state index is 12.3. The Morgan fingerprint density at radius 3 is 2.75 bits per heavy atom. The van der Waals surface area contributed by atoms with Crippen molar-refractivity contribution in [3.05, 3.63) is 35.7 Å². The molecule has 0 atom stereocenters. The molecule has 0 radical (unpaired) electrons. The second kappa shape index (κ2) is 7.32. The number of benzene rings is 1. The van der Waals surface area contributed by atoms with Crippen LogP contribution in [-0.2, 0) is 5.54 Å². The average Bonchev–Trinajstić information content (AvgIpc) is 3.23. The zero-order valence-electron chi connectivity index (χ0n) is 14.0. The van der Waals surface area contributed by atoms with Crippen LogP contribution in [0.4, 0.5) is 0 Å². The minimum Gasteiger partial charge on any atom is -0.342 e. The van der Waals surface area contributed by atoms with Gasteiger partial charge in [-0.05, 0) is 38.0 Å². The SMILES string of the molecule is CCN(C)C(=O)c1cccc(-c2nc(C3(N)CCCC3)no2)c1.Cl. The van der Waals surface area contributed by atoms with Crippen LogP contribution in [0.5, 0.6) is 0 Å². The van der Waals surface area contributed by atoms with E-state index in [1.54, 1.807) is 24.1 Å². The summed E-state index contributed by atoms with van der Waals surface area (Å²) in [6.45, 7) is 2.60. The predicted molar refractivity (Wildman–Crippen MR) is 93.9 cm³/mol. The number of halogens is 1. The Morgan fingerprint density at radius 1 is 1.38 bits per heavy atom. The fourth-order valence-electron chi connectivity index (χ4n) is 2.92. The third kappa shape index (κ3) is 3.44. The van der Waals surface area contributed by atoms with E-state index >= 15 is 0 Å². The molecule has 1 aromatic carbocycles. The highest BCUT2D eigenvalue weighted by molar-refractivity contribution is 5.95. The van der Waals surface area contributed by atoms with Crippen molar-refractivity contribution in [1.82, 2.24) is 15.0 Å². The highest BCUT2D eigenvalue weighted by Crippen LogP contribution is 2.35. The normalized spacial score (nSPS) is 15.8. The highest BCUT2D eigenvalue weighted by Gasteiger charge is 2.36. The first kappa shape index (κ1) is 18.4. The second-order valence-corrected chi connectivity index (χ2v) is 6.19. The molecule has 24 heavy (non-hydrogen) atoms. The molecule has 1 amide bonds. The van der Waals surface area contributed by atoms with Gasteiger partial charge in [0.2, 0.25) is 0 Å². The molecule has 0 bridgehead atoms. The summed E-state index contributed by atoms with van der Waals surface area (Å²) < 4.78 is 5.38. The number of amides is 1. The number of nitrogens with two attached hydrogens (primary N) is 1. The second-order valence-electron chi connectivity index (χ2n) is 6.19. The minimum absolute atomic E-state index is 0. The van der Waals surface area contributed by atoms with Crippen LogP contribution in [0.3, 0.4) is 0 Å². The summed E-state index contributed by atoms with van der Waals surface area (Å²) in [6, 6.07) is 7.25. The molecule has 0 spiro atoms. The van der Waals surface area contributed by atoms with Gasteiger partial charge in [-0.3, -0.25) is 4.79 Å². The zero-order chi connectivity index (χ0) is 16.4. The Kier molecular flexibility index (Phi) is 5.62. The van der Waals surface area contributed by atoms with Gasteiger partial charge < -0.3 is 15.2 Å². The average molecular weight is 351 g/mol. The van der Waals surface area contributed by atoms with Crippen LogP contribution in [0.15, 0.2) is 28.8 Å². The predicted octanol–water partition coefficient (Wildman–Crippen LogP) is 2.98. The van der Waals surface area contributed by atoms with Gasteiger partial charge >= 0.3 is 0 Å². The summed E-state index contributed by atoms with van der Waals surface area (Å²) >= 11 is 0. The van der Waals surface area contributed by atoms with Crippen molar-refractivity contribution < 1.29 is 9.32 Å². The van der Waals surface area contributed by atoms with Gasteiger partial charge in [-0.2, -0.15) is 4.98 Å². The van der Waals surface area contributed by atoms with Gasteiger partial charge in [-0.15, -0.1) is 12.4 Å². The van der Waals surface area contributed by atoms with Crippen LogP contribution in [0, 0.1) is 0 Å². The quantitative estimate of drug-likeness (QED) is 0.916. The number of rotatable bonds is 4. The number of hydrogen-bond acceptors (Lipinski definition) is 5. The lowest BCUT2D eigenvalue weighted by Crippen LogP contribution is -2.34. The van der Waals surface area contributed by atoms with Crippen LogP contribution < -0.4 is 5.73 Å². The van der Waals surface area contributed by atoms with E-state index in [1.165, 1.54) is 0 Å². The molecule has 1 aromatic heterocycles. The van der Waals surface area contributed by atoms with E-state index in [4.69, 9.17) is 10.3 Å². The van der Waals surface area contributed by atoms with Crippen LogP contribution in [-0.4, -0.2) is 34.5 Å². The fraction of sp³-hybridized carbons (Fsp3) is 0.471. The van der Waals surface area contributed by atoms with Gasteiger partial charge in [0.15, 0.2) is 5.82 Å². The lowest BCUT2D eigenvalue weighted by Gasteiger charge is -2.17. The number of carbonyl (C=O) groups is 1. The van der Waals surface area contributed by atoms with Gasteiger partial charge in [0, 0.05) is 24.7 Å². The monoisotopic (exact) mass is 350 g/mol. The van der Waals surface area contributed by atoms with Crippen molar-refractivity contribution >= 4 is 18.3 Å². The molecular weight excluding hydrogens is 328 g/mol. The van der Waals surface area contributed by atoms with Crippen molar-refractivity contribution in [3.8, 4) is 11.5 Å². The lowest BCUT2D eigenvalue weighted by atomic mass is 9.98. The van der Waals surface area contributed by atoms with E-state index in [2.05, 4.69) is 10.1 Å². The van der Waals surface area contributed by atoms with Crippen molar-refractivity contribution in [2.24, 2.45) is 5.73 Å². The smallest absolute Gasteiger partial charge is 0.258 e. The van der Waals surface area contributed by atoms with Crippen molar-refractivity contribution in [2.75, 3.05) is 13.6 Å². The molecule has 2 N–H and O–H groups in total. The number of carbonyl (C=O) groups excluding carboxylic acids is 1. The molecule has 1 heterocycles. The standard InChI is InChI=1S/C17H22N4O2.ClH/c1-3-21(2)15(22)13-8-6-7-12(11-13)14-19-16(20-23-14)17(18)9-4-5-10-17;/h6-8,11H,3-5,9-10,18H2,1-2H3;1H. The molecule has 7 heteroatoms. The summed E-state index contributed by atoms with van der Waals surface area (Å²) in [5, 5.41) is 4.07. The number of aromatic nitrogens is 2. The molecule has 3 rings (SSSR count). The Labute approximate surface area is 147 Å². The van der Waals surface area contributed by atoms with Gasteiger partial charge in [0.25, 0.3) is 11.8 Å². The van der Waals surface area contributed by atoms with E-state index in [-0.39, 0.29) is 18.3 Å². The minimum atomic E-state index is -0.475. The van der Waals surface area contributed by atoms with E-state index in [1.807, 2.05) is 19.1 Å². The van der Waals surface area contributed by atoms with Crippen molar-refractivity contribution in [1.29, 1.82) is 0 Å². The summed E-state index contributed by atoms with van der Waals surface area (Å²) in [7, 11) is 1.78.